The summed E-state index contributed by atoms with van der Waals surface area (Å²) in [6.07, 6.45) is 0. The van der Waals surface area contributed by atoms with E-state index in [1.807, 2.05) is 0 Å². The SMILES string of the molecule is CN(C)O[Si](ON(C)C)(ON(C)C)O[Si](ON(C)C)(ON(C)C)ON(C)C. The molecule has 0 unspecified atom stereocenters. The number of nitrogens with zero attached hydrogens (tertiary/aromatic N) is 6. The van der Waals surface area contributed by atoms with Gasteiger partial charge in [0.25, 0.3) is 0 Å². The minimum Gasteiger partial charge on any atom is -0.320 e. The summed E-state index contributed by atoms with van der Waals surface area (Å²) in [4.78, 5) is 0. The maximum Gasteiger partial charge on any atom is 0.726 e. The van der Waals surface area contributed by atoms with Crippen molar-refractivity contribution in [3.8, 4) is 0 Å². The molecule has 15 heteroatoms. The average Bonchev–Trinajstić information content (AvgIpc) is 2.30. The van der Waals surface area contributed by atoms with E-state index >= 15 is 0 Å². The topological polar surface area (TPSA) is 84.0 Å². The van der Waals surface area contributed by atoms with Crippen LogP contribution in [0.1, 0.15) is 0 Å². The predicted molar refractivity (Wildman–Crippen MR) is 101 cm³/mol. The van der Waals surface area contributed by atoms with Crippen LogP contribution >= 0.6 is 0 Å². The van der Waals surface area contributed by atoms with Crippen LogP contribution in [0.5, 0.6) is 0 Å². The van der Waals surface area contributed by atoms with Gasteiger partial charge in [0.2, 0.25) is 0 Å². The molecule has 0 radical (unpaired) electrons. The Morgan fingerprint density at radius 3 is 0.593 bits per heavy atom. The molecule has 0 aliphatic heterocycles. The highest BCUT2D eigenvalue weighted by atomic mass is 28.5. The van der Waals surface area contributed by atoms with Crippen LogP contribution < -0.4 is 0 Å². The standard InChI is InChI=1S/C12H36N6O7Si2/c1-13(2)19-26(20-14(3)4,21-15(5)6)25-27(22-16(7)8,23-17(9)10)24-18(11)12/h1-12H3. The first-order valence-electron chi connectivity index (χ1n) is 8.10. The smallest absolute Gasteiger partial charge is 0.320 e. The van der Waals surface area contributed by atoms with Crippen LogP contribution in [-0.2, 0) is 31.3 Å². The molecule has 0 fully saturated rings. The van der Waals surface area contributed by atoms with E-state index in [1.54, 1.807) is 84.6 Å². The molecule has 0 heterocycles. The van der Waals surface area contributed by atoms with E-state index in [-0.39, 0.29) is 0 Å². The minimum atomic E-state index is -3.94. The van der Waals surface area contributed by atoms with Crippen LogP contribution in [0.15, 0.2) is 0 Å². The Hall–Kier alpha value is -0.0862. The summed E-state index contributed by atoms with van der Waals surface area (Å²) in [5.41, 5.74) is 0. The summed E-state index contributed by atoms with van der Waals surface area (Å²) in [6, 6.07) is 0. The van der Waals surface area contributed by atoms with Gasteiger partial charge in [0, 0.05) is 84.6 Å². The normalized spacial score (nSPS) is 14.0. The van der Waals surface area contributed by atoms with Gasteiger partial charge in [-0.3, -0.25) is 27.2 Å². The molecule has 0 aliphatic carbocycles. The molecule has 0 aromatic carbocycles. The van der Waals surface area contributed by atoms with Gasteiger partial charge in [-0.2, -0.15) is 0 Å². The van der Waals surface area contributed by atoms with Crippen molar-refractivity contribution in [1.29, 1.82) is 0 Å². The molecule has 0 aromatic heterocycles. The zero-order chi connectivity index (χ0) is 21.4. The van der Waals surface area contributed by atoms with Gasteiger partial charge >= 0.3 is 18.1 Å². The molecular weight excluding hydrogens is 396 g/mol. The highest BCUT2D eigenvalue weighted by Gasteiger charge is 2.65. The maximum atomic E-state index is 6.19. The van der Waals surface area contributed by atoms with Crippen LogP contribution in [0.2, 0.25) is 0 Å². The number of hydrogen-bond acceptors (Lipinski definition) is 13. The van der Waals surface area contributed by atoms with E-state index < -0.39 is 18.1 Å². The Bertz CT molecular complexity index is 329. The van der Waals surface area contributed by atoms with Gasteiger partial charge in [-0.1, -0.05) is 0 Å². The van der Waals surface area contributed by atoms with Crippen molar-refractivity contribution >= 4 is 18.1 Å². The van der Waals surface area contributed by atoms with Gasteiger partial charge in [0.1, 0.15) is 0 Å². The first-order chi connectivity index (χ1) is 12.2. The summed E-state index contributed by atoms with van der Waals surface area (Å²) in [6.45, 7) is 0. The van der Waals surface area contributed by atoms with Crippen molar-refractivity contribution in [1.82, 2.24) is 30.4 Å². The van der Waals surface area contributed by atoms with E-state index in [1.165, 1.54) is 30.4 Å². The second-order valence-corrected chi connectivity index (χ2v) is 10.4. The van der Waals surface area contributed by atoms with E-state index in [0.717, 1.165) is 0 Å². The lowest BCUT2D eigenvalue weighted by molar-refractivity contribution is -0.265. The molecular formula is C12H36N6O7Si2. The van der Waals surface area contributed by atoms with Crippen LogP contribution in [0.3, 0.4) is 0 Å². The van der Waals surface area contributed by atoms with E-state index in [0.29, 0.717) is 0 Å². The summed E-state index contributed by atoms with van der Waals surface area (Å²) in [7, 11) is 12.3. The largest absolute Gasteiger partial charge is 0.726 e. The Morgan fingerprint density at radius 1 is 0.333 bits per heavy atom. The van der Waals surface area contributed by atoms with E-state index in [2.05, 4.69) is 0 Å². The predicted octanol–water partition coefficient (Wildman–Crippen LogP) is -1.17. The molecule has 0 bridgehead atoms. The molecule has 0 aliphatic rings. The van der Waals surface area contributed by atoms with Gasteiger partial charge in [-0.25, -0.2) is 30.4 Å². The molecule has 0 spiro atoms. The average molecular weight is 433 g/mol. The summed E-state index contributed by atoms with van der Waals surface area (Å²) < 4.78 is 41.1. The lowest BCUT2D eigenvalue weighted by Gasteiger charge is -2.39. The van der Waals surface area contributed by atoms with Gasteiger partial charge in [0.05, 0.1) is 0 Å². The summed E-state index contributed by atoms with van der Waals surface area (Å²) >= 11 is 0. The summed E-state index contributed by atoms with van der Waals surface area (Å²) in [5, 5.41) is 8.50. The van der Waals surface area contributed by atoms with Crippen molar-refractivity contribution in [2.75, 3.05) is 84.6 Å². The first-order valence-corrected chi connectivity index (χ1v) is 11.4. The quantitative estimate of drug-likeness (QED) is 0.244. The second-order valence-electron chi connectivity index (χ2n) is 6.52. The fourth-order valence-electron chi connectivity index (χ4n) is 1.71. The van der Waals surface area contributed by atoms with E-state index in [9.17, 15) is 0 Å². The van der Waals surface area contributed by atoms with Gasteiger partial charge in [0.15, 0.2) is 0 Å². The summed E-state index contributed by atoms with van der Waals surface area (Å²) in [5.74, 6) is 0. The highest BCUT2D eigenvalue weighted by Crippen LogP contribution is 2.25. The fourth-order valence-corrected chi connectivity index (χ4v) is 6.71. The van der Waals surface area contributed by atoms with Crippen molar-refractivity contribution in [3.63, 3.8) is 0 Å². The van der Waals surface area contributed by atoms with Crippen molar-refractivity contribution in [2.24, 2.45) is 0 Å². The Morgan fingerprint density at radius 2 is 0.481 bits per heavy atom. The number of hydrogen-bond donors (Lipinski definition) is 0. The first kappa shape index (κ1) is 26.9. The maximum absolute atomic E-state index is 6.19. The van der Waals surface area contributed by atoms with E-state index in [4.69, 9.17) is 31.3 Å². The number of hydroxylamine groups is 12. The zero-order valence-corrected chi connectivity index (χ0v) is 20.5. The Balaban J connectivity index is 6.14. The minimum absolute atomic E-state index is 1.42. The zero-order valence-electron chi connectivity index (χ0n) is 18.5. The van der Waals surface area contributed by atoms with Crippen LogP contribution in [0, 0.1) is 0 Å². The molecule has 0 saturated heterocycles. The van der Waals surface area contributed by atoms with Gasteiger partial charge in [-0.05, 0) is 0 Å². The highest BCUT2D eigenvalue weighted by molar-refractivity contribution is 6.68. The van der Waals surface area contributed by atoms with Crippen LogP contribution in [-0.4, -0.2) is 133 Å². The second kappa shape index (κ2) is 11.8. The van der Waals surface area contributed by atoms with Crippen LogP contribution in [0.25, 0.3) is 0 Å². The Labute approximate surface area is 165 Å². The van der Waals surface area contributed by atoms with Gasteiger partial charge < -0.3 is 4.12 Å². The molecule has 0 aromatic rings. The fraction of sp³-hybridized carbons (Fsp3) is 1.00. The van der Waals surface area contributed by atoms with Crippen LogP contribution in [0.4, 0.5) is 0 Å². The molecule has 27 heavy (non-hydrogen) atoms. The molecule has 164 valence electrons. The third kappa shape index (κ3) is 11.5. The third-order valence-corrected chi connectivity index (χ3v) is 7.55. The lowest BCUT2D eigenvalue weighted by atomic mass is 11.2. The van der Waals surface area contributed by atoms with Gasteiger partial charge in [-0.15, -0.1) is 0 Å². The molecule has 0 N–H and O–H groups in total. The van der Waals surface area contributed by atoms with Crippen molar-refractivity contribution in [2.45, 2.75) is 0 Å². The number of rotatable bonds is 14. The molecule has 0 saturated carbocycles. The third-order valence-electron chi connectivity index (χ3n) is 2.02. The Kier molecular flexibility index (Phi) is 11.8. The molecule has 0 amide bonds. The molecule has 13 nitrogen and oxygen atoms in total. The monoisotopic (exact) mass is 432 g/mol. The van der Waals surface area contributed by atoms with Crippen molar-refractivity contribution < 1.29 is 31.3 Å². The lowest BCUT2D eigenvalue weighted by Crippen LogP contribution is -2.67. The molecule has 0 rings (SSSR count). The molecule has 0 atom stereocenters. The van der Waals surface area contributed by atoms with Crippen molar-refractivity contribution in [3.05, 3.63) is 0 Å².